The van der Waals surface area contributed by atoms with Crippen LogP contribution in [-0.4, -0.2) is 11.0 Å². The highest BCUT2D eigenvalue weighted by Crippen LogP contribution is 2.28. The third-order valence-corrected chi connectivity index (χ3v) is 3.81. The molecule has 5 heteroatoms. The van der Waals surface area contributed by atoms with E-state index in [0.29, 0.717) is 0 Å². The highest BCUT2D eigenvalue weighted by Gasteiger charge is 2.13. The molecule has 0 spiro atoms. The number of rotatable bonds is 3. The van der Waals surface area contributed by atoms with Gasteiger partial charge in [0.15, 0.2) is 0 Å². The van der Waals surface area contributed by atoms with Gasteiger partial charge in [0, 0.05) is 22.3 Å². The maximum absolute atomic E-state index is 10.9. The first kappa shape index (κ1) is 13.2. The van der Waals surface area contributed by atoms with Crippen molar-refractivity contribution < 1.29 is 9.53 Å². The summed E-state index contributed by atoms with van der Waals surface area (Å²) in [6.45, 7) is 3.22. The van der Waals surface area contributed by atoms with E-state index in [9.17, 15) is 4.79 Å². The molecule has 0 unspecified atom stereocenters. The van der Waals surface area contributed by atoms with Crippen molar-refractivity contribution in [2.75, 3.05) is 0 Å². The number of thiazole rings is 1. The van der Waals surface area contributed by atoms with Gasteiger partial charge in [-0.2, -0.15) is 0 Å². The Hall–Kier alpha value is -1.20. The summed E-state index contributed by atoms with van der Waals surface area (Å²) >= 11 is 4.95. The fourth-order valence-electron chi connectivity index (χ4n) is 1.51. The Balaban J connectivity index is 2.19. The summed E-state index contributed by atoms with van der Waals surface area (Å²) in [7, 11) is 0. The molecule has 3 nitrogen and oxygen atoms in total. The maximum Gasteiger partial charge on any atom is 0.303 e. The van der Waals surface area contributed by atoms with Gasteiger partial charge in [-0.1, -0.05) is 28.1 Å². The molecular formula is C13H12BrNO2S. The lowest BCUT2D eigenvalue weighted by atomic mass is 10.2. The number of hydrogen-bond acceptors (Lipinski definition) is 4. The van der Waals surface area contributed by atoms with Crippen LogP contribution in [0.5, 0.6) is 0 Å². The van der Waals surface area contributed by atoms with Gasteiger partial charge in [-0.05, 0) is 19.1 Å². The molecule has 0 radical (unpaired) electrons. The van der Waals surface area contributed by atoms with Gasteiger partial charge in [0.25, 0.3) is 0 Å². The van der Waals surface area contributed by atoms with Crippen LogP contribution in [0.25, 0.3) is 10.6 Å². The van der Waals surface area contributed by atoms with Crippen LogP contribution in [0.3, 0.4) is 0 Å². The van der Waals surface area contributed by atoms with E-state index in [1.54, 1.807) is 11.3 Å². The van der Waals surface area contributed by atoms with Crippen LogP contribution < -0.4 is 0 Å². The molecule has 2 rings (SSSR count). The molecule has 0 aliphatic carbocycles. The van der Waals surface area contributed by atoms with Crippen LogP contribution in [0.4, 0.5) is 0 Å². The highest BCUT2D eigenvalue weighted by molar-refractivity contribution is 9.10. The molecule has 0 saturated carbocycles. The zero-order valence-electron chi connectivity index (χ0n) is 10.0. The zero-order chi connectivity index (χ0) is 13.1. The van der Waals surface area contributed by atoms with Gasteiger partial charge in [0.05, 0.1) is 5.69 Å². The van der Waals surface area contributed by atoms with E-state index in [-0.39, 0.29) is 12.1 Å². The largest absolute Gasteiger partial charge is 0.456 e. The van der Waals surface area contributed by atoms with Crippen LogP contribution in [0.1, 0.15) is 25.6 Å². The van der Waals surface area contributed by atoms with Crippen LogP contribution >= 0.6 is 27.3 Å². The molecule has 1 aromatic carbocycles. The zero-order valence-corrected chi connectivity index (χ0v) is 12.4. The van der Waals surface area contributed by atoms with Crippen LogP contribution in [0.2, 0.25) is 0 Å². The van der Waals surface area contributed by atoms with E-state index in [0.717, 1.165) is 20.7 Å². The van der Waals surface area contributed by atoms with Crippen molar-refractivity contribution in [3.8, 4) is 10.6 Å². The normalized spacial score (nSPS) is 12.2. The predicted molar refractivity (Wildman–Crippen MR) is 75.4 cm³/mol. The lowest BCUT2D eigenvalue weighted by Crippen LogP contribution is -2.04. The van der Waals surface area contributed by atoms with E-state index in [1.165, 1.54) is 6.92 Å². The third-order valence-electron chi connectivity index (χ3n) is 2.37. The second-order valence-electron chi connectivity index (χ2n) is 3.84. The average Bonchev–Trinajstić information content (AvgIpc) is 2.78. The molecule has 18 heavy (non-hydrogen) atoms. The van der Waals surface area contributed by atoms with Gasteiger partial charge in [-0.3, -0.25) is 4.79 Å². The minimum absolute atomic E-state index is 0.291. The number of aromatic nitrogens is 1. The summed E-state index contributed by atoms with van der Waals surface area (Å²) < 4.78 is 6.14. The van der Waals surface area contributed by atoms with Gasteiger partial charge >= 0.3 is 5.97 Å². The minimum Gasteiger partial charge on any atom is -0.456 e. The van der Waals surface area contributed by atoms with Gasteiger partial charge in [0.1, 0.15) is 11.1 Å². The third kappa shape index (κ3) is 3.17. The Morgan fingerprint density at radius 3 is 2.67 bits per heavy atom. The van der Waals surface area contributed by atoms with Crippen molar-refractivity contribution in [2.45, 2.75) is 20.0 Å². The Morgan fingerprint density at radius 2 is 2.06 bits per heavy atom. The first-order valence-corrected chi connectivity index (χ1v) is 7.12. The number of carbonyl (C=O) groups is 1. The molecule has 1 heterocycles. The molecule has 1 aromatic heterocycles. The number of benzene rings is 1. The standard InChI is InChI=1S/C13H12BrNO2S/c1-8(17-9(2)16)12-7-18-13(15-12)10-3-5-11(14)6-4-10/h3-8H,1-2H3/t8-/m1/s1. The van der Waals surface area contributed by atoms with E-state index in [4.69, 9.17) is 4.74 Å². The second-order valence-corrected chi connectivity index (χ2v) is 5.61. The molecule has 0 aliphatic heterocycles. The fraction of sp³-hybridized carbons (Fsp3) is 0.231. The lowest BCUT2D eigenvalue weighted by Gasteiger charge is -2.08. The Labute approximate surface area is 118 Å². The smallest absolute Gasteiger partial charge is 0.303 e. The quantitative estimate of drug-likeness (QED) is 0.794. The van der Waals surface area contributed by atoms with E-state index < -0.39 is 0 Å². The highest BCUT2D eigenvalue weighted by atomic mass is 79.9. The summed E-state index contributed by atoms with van der Waals surface area (Å²) in [4.78, 5) is 15.4. The monoisotopic (exact) mass is 325 g/mol. The molecule has 2 aromatic rings. The molecular weight excluding hydrogens is 314 g/mol. The first-order chi connectivity index (χ1) is 8.56. The van der Waals surface area contributed by atoms with Crippen LogP contribution in [0.15, 0.2) is 34.1 Å². The van der Waals surface area contributed by atoms with Gasteiger partial charge in [-0.25, -0.2) is 4.98 Å². The van der Waals surface area contributed by atoms with Crippen LogP contribution in [0, 0.1) is 0 Å². The van der Waals surface area contributed by atoms with E-state index in [2.05, 4.69) is 20.9 Å². The Morgan fingerprint density at radius 1 is 1.39 bits per heavy atom. The molecule has 0 saturated heterocycles. The first-order valence-electron chi connectivity index (χ1n) is 5.45. The van der Waals surface area contributed by atoms with Crippen molar-refractivity contribution in [2.24, 2.45) is 0 Å². The fourth-order valence-corrected chi connectivity index (χ4v) is 2.68. The summed E-state index contributed by atoms with van der Waals surface area (Å²) in [5.41, 5.74) is 1.84. The van der Waals surface area contributed by atoms with Gasteiger partial charge < -0.3 is 4.74 Å². The SMILES string of the molecule is CC(=O)O[C@H](C)c1csc(-c2ccc(Br)cc2)n1. The predicted octanol–water partition coefficient (Wildman–Crippen LogP) is 4.20. The number of esters is 1. The summed E-state index contributed by atoms with van der Waals surface area (Å²) in [5.74, 6) is -0.291. The topological polar surface area (TPSA) is 39.2 Å². The second kappa shape index (κ2) is 5.63. The van der Waals surface area contributed by atoms with E-state index in [1.807, 2.05) is 36.6 Å². The Bertz CT molecular complexity index is 550. The summed E-state index contributed by atoms with van der Waals surface area (Å²) in [6.07, 6.45) is -0.303. The molecule has 0 fully saturated rings. The molecule has 0 bridgehead atoms. The number of halogens is 1. The van der Waals surface area contributed by atoms with Crippen molar-refractivity contribution in [3.05, 3.63) is 39.8 Å². The average molecular weight is 326 g/mol. The van der Waals surface area contributed by atoms with Crippen LogP contribution in [-0.2, 0) is 9.53 Å². The molecule has 0 aliphatic rings. The number of carbonyl (C=O) groups excluding carboxylic acids is 1. The molecule has 94 valence electrons. The van der Waals surface area contributed by atoms with Crippen molar-refractivity contribution in [1.82, 2.24) is 4.98 Å². The number of ether oxygens (including phenoxy) is 1. The molecule has 0 amide bonds. The minimum atomic E-state index is -0.303. The Kier molecular flexibility index (Phi) is 4.14. The molecule has 1 atom stereocenters. The number of nitrogens with zero attached hydrogens (tertiary/aromatic N) is 1. The number of hydrogen-bond donors (Lipinski definition) is 0. The van der Waals surface area contributed by atoms with Gasteiger partial charge in [-0.15, -0.1) is 11.3 Å². The summed E-state index contributed by atoms with van der Waals surface area (Å²) in [6, 6.07) is 7.96. The molecule has 0 N–H and O–H groups in total. The van der Waals surface area contributed by atoms with Crippen molar-refractivity contribution in [3.63, 3.8) is 0 Å². The maximum atomic E-state index is 10.9. The van der Waals surface area contributed by atoms with E-state index >= 15 is 0 Å². The van der Waals surface area contributed by atoms with Crippen molar-refractivity contribution >= 4 is 33.2 Å². The van der Waals surface area contributed by atoms with Crippen molar-refractivity contribution in [1.29, 1.82) is 0 Å². The van der Waals surface area contributed by atoms with Gasteiger partial charge in [0.2, 0.25) is 0 Å². The lowest BCUT2D eigenvalue weighted by molar-refractivity contribution is -0.145. The summed E-state index contributed by atoms with van der Waals surface area (Å²) in [5, 5.41) is 2.85.